The molecule has 10 heteroatoms. The van der Waals surface area contributed by atoms with Crippen LogP contribution in [0.15, 0.2) is 34.1 Å². The maximum Gasteiger partial charge on any atom is 0.256 e. The summed E-state index contributed by atoms with van der Waals surface area (Å²) in [6.45, 7) is 3.88. The van der Waals surface area contributed by atoms with Gasteiger partial charge in [0, 0.05) is 22.7 Å². The van der Waals surface area contributed by atoms with Gasteiger partial charge in [0.05, 0.1) is 11.3 Å². The third kappa shape index (κ3) is 3.65. The van der Waals surface area contributed by atoms with Gasteiger partial charge in [0.15, 0.2) is 5.65 Å². The van der Waals surface area contributed by atoms with Crippen LogP contribution in [0.2, 0.25) is 5.15 Å². The van der Waals surface area contributed by atoms with Gasteiger partial charge in [-0.1, -0.05) is 37.0 Å². The minimum absolute atomic E-state index is 0.0132. The molecule has 0 atom stereocenters. The number of nitrogens with one attached hydrogen (secondary N) is 3. The summed E-state index contributed by atoms with van der Waals surface area (Å²) in [7, 11) is 0. The molecule has 0 aliphatic heterocycles. The molecule has 3 aromatic rings. The van der Waals surface area contributed by atoms with Crippen LogP contribution < -0.4 is 10.9 Å². The second-order valence-electron chi connectivity index (χ2n) is 6.99. The Morgan fingerprint density at radius 1 is 1.24 bits per heavy atom. The Balaban J connectivity index is 1.88. The van der Waals surface area contributed by atoms with E-state index in [1.54, 1.807) is 6.07 Å². The highest BCUT2D eigenvalue weighted by atomic mass is 35.5. The van der Waals surface area contributed by atoms with E-state index in [9.17, 15) is 9.18 Å². The first-order chi connectivity index (χ1) is 13.8. The van der Waals surface area contributed by atoms with E-state index < -0.39 is 0 Å². The number of aromatic nitrogens is 5. The molecule has 0 bridgehead atoms. The lowest BCUT2D eigenvalue weighted by Crippen LogP contribution is -2.17. The summed E-state index contributed by atoms with van der Waals surface area (Å²) in [6.07, 6.45) is 3.44. The molecule has 150 valence electrons. The predicted octanol–water partition coefficient (Wildman–Crippen LogP) is 5.16. The maximum absolute atomic E-state index is 14.5. The van der Waals surface area contributed by atoms with Crippen molar-refractivity contribution >= 4 is 51.3 Å². The summed E-state index contributed by atoms with van der Waals surface area (Å²) in [4.78, 5) is 23.9. The number of hydrogen-bond donors (Lipinski definition) is 3. The molecule has 3 heterocycles. The third-order valence-corrected chi connectivity index (χ3v) is 5.25. The fourth-order valence-electron chi connectivity index (χ4n) is 3.24. The number of allylic oxidation sites excluding steroid dienone is 4. The number of anilines is 2. The van der Waals surface area contributed by atoms with Crippen molar-refractivity contribution in [1.82, 2.24) is 25.1 Å². The Morgan fingerprint density at radius 3 is 2.79 bits per heavy atom. The average Bonchev–Trinajstić information content (AvgIpc) is 3.07. The molecule has 7 nitrogen and oxygen atoms in total. The van der Waals surface area contributed by atoms with Gasteiger partial charge in [-0.2, -0.15) is 5.10 Å². The highest BCUT2D eigenvalue weighted by Crippen LogP contribution is 2.35. The number of hydrogen-bond acceptors (Lipinski definition) is 5. The highest BCUT2D eigenvalue weighted by molar-refractivity contribution is 6.35. The molecule has 0 amide bonds. The molecule has 3 N–H and O–H groups in total. The molecule has 0 saturated carbocycles. The van der Waals surface area contributed by atoms with Gasteiger partial charge in [0.1, 0.15) is 28.5 Å². The lowest BCUT2D eigenvalue weighted by Gasteiger charge is -2.18. The molecular weight excluding hydrogens is 418 g/mol. The van der Waals surface area contributed by atoms with Crippen LogP contribution in [0.4, 0.5) is 15.9 Å². The van der Waals surface area contributed by atoms with Crippen molar-refractivity contribution in [2.24, 2.45) is 0 Å². The molecule has 0 spiro atoms. The van der Waals surface area contributed by atoms with E-state index in [1.165, 1.54) is 12.4 Å². The van der Waals surface area contributed by atoms with Crippen LogP contribution in [0, 0.1) is 0 Å². The van der Waals surface area contributed by atoms with Crippen LogP contribution in [0.5, 0.6) is 0 Å². The molecule has 1 aliphatic carbocycles. The monoisotopic (exact) mass is 434 g/mol. The molecule has 1 aliphatic rings. The van der Waals surface area contributed by atoms with Crippen LogP contribution >= 0.6 is 23.2 Å². The standard InChI is InChI=1S/C19H17Cl2FN6O/c1-8(2)15-13(25-17-14-16(21)27-28-18(14)24-7-23-17)6-11(19(29)26-15)10-5-9(20)3-4-12(10)22/h5-8H,3-4H2,1-2H3,(H,26,29)(H2,23,24,25,27,28). The van der Waals surface area contributed by atoms with Crippen molar-refractivity contribution in [2.75, 3.05) is 5.32 Å². The van der Waals surface area contributed by atoms with E-state index in [2.05, 4.69) is 30.5 Å². The fourth-order valence-corrected chi connectivity index (χ4v) is 3.66. The van der Waals surface area contributed by atoms with Crippen LogP contribution in [0.1, 0.15) is 43.9 Å². The van der Waals surface area contributed by atoms with Crippen molar-refractivity contribution in [2.45, 2.75) is 32.6 Å². The Labute approximate surface area is 175 Å². The van der Waals surface area contributed by atoms with Crippen molar-refractivity contribution in [1.29, 1.82) is 0 Å². The van der Waals surface area contributed by atoms with Crippen molar-refractivity contribution in [3.05, 3.63) is 56.1 Å². The zero-order valence-electron chi connectivity index (χ0n) is 15.6. The quantitative estimate of drug-likeness (QED) is 0.526. The summed E-state index contributed by atoms with van der Waals surface area (Å²) in [6, 6.07) is 1.61. The zero-order chi connectivity index (χ0) is 20.7. The minimum Gasteiger partial charge on any atom is -0.338 e. The maximum atomic E-state index is 14.5. The molecule has 4 rings (SSSR count). The molecule has 0 fully saturated rings. The average molecular weight is 435 g/mol. The van der Waals surface area contributed by atoms with Gasteiger partial charge in [0.25, 0.3) is 5.56 Å². The topological polar surface area (TPSA) is 99.3 Å². The molecule has 0 radical (unpaired) electrons. The Hall–Kier alpha value is -2.71. The number of H-pyrrole nitrogens is 2. The number of halogens is 3. The molecular formula is C19H17Cl2FN6O. The number of fused-ring (bicyclic) bond motifs is 1. The summed E-state index contributed by atoms with van der Waals surface area (Å²) >= 11 is 12.3. The number of aromatic amines is 2. The smallest absolute Gasteiger partial charge is 0.256 e. The Bertz CT molecular complexity index is 1230. The highest BCUT2D eigenvalue weighted by Gasteiger charge is 2.21. The Kier molecular flexibility index (Phi) is 5.14. The molecule has 0 unspecified atom stereocenters. The first kappa shape index (κ1) is 19.6. The van der Waals surface area contributed by atoms with Crippen LogP contribution in [0.3, 0.4) is 0 Å². The second-order valence-corrected chi connectivity index (χ2v) is 7.85. The van der Waals surface area contributed by atoms with E-state index in [4.69, 9.17) is 23.2 Å². The van der Waals surface area contributed by atoms with Gasteiger partial charge in [-0.15, -0.1) is 0 Å². The minimum atomic E-state index is -0.388. The van der Waals surface area contributed by atoms with Gasteiger partial charge >= 0.3 is 0 Å². The summed E-state index contributed by atoms with van der Waals surface area (Å²) in [5.41, 5.74) is 1.62. The number of rotatable bonds is 4. The van der Waals surface area contributed by atoms with E-state index in [-0.39, 0.29) is 40.0 Å². The summed E-state index contributed by atoms with van der Waals surface area (Å²) < 4.78 is 14.5. The van der Waals surface area contributed by atoms with E-state index >= 15 is 0 Å². The first-order valence-electron chi connectivity index (χ1n) is 8.99. The van der Waals surface area contributed by atoms with Crippen molar-refractivity contribution in [3.63, 3.8) is 0 Å². The predicted molar refractivity (Wildman–Crippen MR) is 112 cm³/mol. The molecule has 29 heavy (non-hydrogen) atoms. The second kappa shape index (κ2) is 7.61. The van der Waals surface area contributed by atoms with Crippen LogP contribution in [-0.2, 0) is 0 Å². The number of nitrogens with zero attached hydrogens (tertiary/aromatic N) is 3. The van der Waals surface area contributed by atoms with Crippen LogP contribution in [-0.4, -0.2) is 25.1 Å². The van der Waals surface area contributed by atoms with E-state index in [0.29, 0.717) is 39.7 Å². The normalized spacial score (nSPS) is 14.6. The van der Waals surface area contributed by atoms with Gasteiger partial charge in [-0.3, -0.25) is 9.89 Å². The first-order valence-corrected chi connectivity index (χ1v) is 9.74. The van der Waals surface area contributed by atoms with Gasteiger partial charge in [0.2, 0.25) is 0 Å². The van der Waals surface area contributed by atoms with Crippen LogP contribution in [0.25, 0.3) is 16.6 Å². The third-order valence-electron chi connectivity index (χ3n) is 4.68. The Morgan fingerprint density at radius 2 is 2.03 bits per heavy atom. The van der Waals surface area contributed by atoms with E-state index in [0.717, 1.165) is 0 Å². The summed E-state index contributed by atoms with van der Waals surface area (Å²) in [5.74, 6) is 0.0338. The lowest BCUT2D eigenvalue weighted by molar-refractivity contribution is 0.590. The largest absolute Gasteiger partial charge is 0.338 e. The number of pyridine rings is 1. The lowest BCUT2D eigenvalue weighted by atomic mass is 9.97. The fraction of sp³-hybridized carbons (Fsp3) is 0.263. The zero-order valence-corrected chi connectivity index (χ0v) is 17.1. The van der Waals surface area contributed by atoms with Crippen molar-refractivity contribution < 1.29 is 4.39 Å². The molecule has 3 aromatic heterocycles. The van der Waals surface area contributed by atoms with Gasteiger partial charge in [-0.25, -0.2) is 14.4 Å². The summed E-state index contributed by atoms with van der Waals surface area (Å²) in [5, 5.41) is 11.2. The SMILES string of the molecule is CC(C)c1[nH]c(=O)c(C2=C(F)CCC(Cl)=C2)cc1Nc1ncnc2n[nH]c(Cl)c12. The molecule has 0 saturated heterocycles. The molecule has 0 aromatic carbocycles. The van der Waals surface area contributed by atoms with Crippen molar-refractivity contribution in [3.8, 4) is 0 Å². The van der Waals surface area contributed by atoms with E-state index in [1.807, 2.05) is 13.8 Å². The van der Waals surface area contributed by atoms with Gasteiger partial charge in [-0.05, 0) is 24.5 Å². The van der Waals surface area contributed by atoms with Gasteiger partial charge < -0.3 is 10.3 Å².